The molecule has 0 saturated heterocycles. The maximum absolute atomic E-state index is 12.2. The van der Waals surface area contributed by atoms with Gasteiger partial charge >= 0.3 is 0 Å². The van der Waals surface area contributed by atoms with Gasteiger partial charge in [0.25, 0.3) is 5.91 Å². The number of anilines is 1. The van der Waals surface area contributed by atoms with Gasteiger partial charge in [0.2, 0.25) is 0 Å². The standard InChI is InChI=1S/C15H13BrINO/c1-9-6-10(2)14(13(16)7-9)18-15(19)11-4-3-5-12(17)8-11/h3-8H,1-2H3,(H,18,19). The smallest absolute Gasteiger partial charge is 0.255 e. The molecule has 2 rings (SSSR count). The van der Waals surface area contributed by atoms with Crippen LogP contribution in [0.25, 0.3) is 0 Å². The molecule has 0 heterocycles. The van der Waals surface area contributed by atoms with Crippen LogP contribution in [0.15, 0.2) is 40.9 Å². The molecule has 0 aliphatic heterocycles. The summed E-state index contributed by atoms with van der Waals surface area (Å²) < 4.78 is 1.95. The fraction of sp³-hybridized carbons (Fsp3) is 0.133. The molecular weight excluding hydrogens is 417 g/mol. The van der Waals surface area contributed by atoms with E-state index in [1.165, 1.54) is 0 Å². The van der Waals surface area contributed by atoms with Gasteiger partial charge in [-0.1, -0.05) is 12.1 Å². The zero-order valence-corrected chi connectivity index (χ0v) is 14.4. The van der Waals surface area contributed by atoms with Crippen molar-refractivity contribution in [2.24, 2.45) is 0 Å². The first-order valence-electron chi connectivity index (χ1n) is 5.81. The third-order valence-electron chi connectivity index (χ3n) is 2.76. The van der Waals surface area contributed by atoms with Crippen LogP contribution in [-0.2, 0) is 0 Å². The number of carbonyl (C=O) groups excluding carboxylic acids is 1. The van der Waals surface area contributed by atoms with Crippen molar-refractivity contribution in [1.82, 2.24) is 0 Å². The Labute approximate surface area is 134 Å². The highest BCUT2D eigenvalue weighted by Gasteiger charge is 2.11. The zero-order chi connectivity index (χ0) is 14.0. The first-order valence-corrected chi connectivity index (χ1v) is 7.68. The van der Waals surface area contributed by atoms with Gasteiger partial charge in [0, 0.05) is 13.6 Å². The van der Waals surface area contributed by atoms with E-state index < -0.39 is 0 Å². The first kappa shape index (κ1) is 14.5. The van der Waals surface area contributed by atoms with E-state index in [1.807, 2.05) is 44.2 Å². The Morgan fingerprint density at radius 2 is 1.95 bits per heavy atom. The Bertz CT molecular complexity index is 617. The number of hydrogen-bond donors (Lipinski definition) is 1. The van der Waals surface area contributed by atoms with Crippen LogP contribution >= 0.6 is 38.5 Å². The van der Waals surface area contributed by atoms with Gasteiger partial charge in [-0.25, -0.2) is 0 Å². The van der Waals surface area contributed by atoms with Crippen molar-refractivity contribution in [2.45, 2.75) is 13.8 Å². The molecule has 0 spiro atoms. The van der Waals surface area contributed by atoms with E-state index in [0.29, 0.717) is 5.56 Å². The van der Waals surface area contributed by atoms with E-state index in [2.05, 4.69) is 49.9 Å². The van der Waals surface area contributed by atoms with Gasteiger partial charge in [-0.05, 0) is 87.8 Å². The SMILES string of the molecule is Cc1cc(C)c(NC(=O)c2cccc(I)c2)c(Br)c1. The highest BCUT2D eigenvalue weighted by molar-refractivity contribution is 14.1. The molecule has 0 unspecified atom stereocenters. The van der Waals surface area contributed by atoms with Crippen molar-refractivity contribution in [1.29, 1.82) is 0 Å². The fourth-order valence-corrected chi connectivity index (χ4v) is 3.21. The molecule has 1 N–H and O–H groups in total. The maximum Gasteiger partial charge on any atom is 0.255 e. The summed E-state index contributed by atoms with van der Waals surface area (Å²) in [6, 6.07) is 11.6. The monoisotopic (exact) mass is 429 g/mol. The van der Waals surface area contributed by atoms with E-state index in [4.69, 9.17) is 0 Å². The summed E-state index contributed by atoms with van der Waals surface area (Å²) in [7, 11) is 0. The molecule has 0 aromatic heterocycles. The van der Waals surface area contributed by atoms with Crippen LogP contribution in [0.5, 0.6) is 0 Å². The van der Waals surface area contributed by atoms with E-state index in [0.717, 1.165) is 24.9 Å². The average molecular weight is 430 g/mol. The third-order valence-corrected chi connectivity index (χ3v) is 4.05. The van der Waals surface area contributed by atoms with E-state index in [1.54, 1.807) is 0 Å². The Kier molecular flexibility index (Phi) is 4.62. The van der Waals surface area contributed by atoms with Gasteiger partial charge in [-0.2, -0.15) is 0 Å². The predicted molar refractivity (Wildman–Crippen MR) is 90.7 cm³/mol. The number of carbonyl (C=O) groups is 1. The minimum Gasteiger partial charge on any atom is -0.321 e. The molecule has 0 aliphatic rings. The number of nitrogens with one attached hydrogen (secondary N) is 1. The quantitative estimate of drug-likeness (QED) is 0.674. The van der Waals surface area contributed by atoms with Crippen molar-refractivity contribution in [2.75, 3.05) is 5.32 Å². The van der Waals surface area contributed by atoms with Crippen molar-refractivity contribution >= 4 is 50.1 Å². The molecular formula is C15H13BrINO. The van der Waals surface area contributed by atoms with Gasteiger partial charge in [0.05, 0.1) is 5.69 Å². The molecule has 0 saturated carbocycles. The summed E-state index contributed by atoms with van der Waals surface area (Å²) in [5.41, 5.74) is 3.70. The topological polar surface area (TPSA) is 29.1 Å². The normalized spacial score (nSPS) is 10.3. The lowest BCUT2D eigenvalue weighted by Crippen LogP contribution is -2.13. The zero-order valence-electron chi connectivity index (χ0n) is 10.6. The van der Waals surface area contributed by atoms with Crippen molar-refractivity contribution < 1.29 is 4.79 Å². The molecule has 4 heteroatoms. The molecule has 0 fully saturated rings. The summed E-state index contributed by atoms with van der Waals surface area (Å²) >= 11 is 5.70. The molecule has 2 aromatic rings. The second-order valence-electron chi connectivity index (χ2n) is 4.40. The molecule has 2 aromatic carbocycles. The molecule has 0 aliphatic carbocycles. The van der Waals surface area contributed by atoms with E-state index in [9.17, 15) is 4.79 Å². The summed E-state index contributed by atoms with van der Waals surface area (Å²) in [5, 5.41) is 2.96. The Morgan fingerprint density at radius 1 is 1.21 bits per heavy atom. The number of hydrogen-bond acceptors (Lipinski definition) is 1. The van der Waals surface area contributed by atoms with Crippen LogP contribution in [0.3, 0.4) is 0 Å². The van der Waals surface area contributed by atoms with E-state index in [-0.39, 0.29) is 5.91 Å². The van der Waals surface area contributed by atoms with Crippen molar-refractivity contribution in [3.05, 3.63) is 61.1 Å². The maximum atomic E-state index is 12.2. The van der Waals surface area contributed by atoms with Crippen molar-refractivity contribution in [3.8, 4) is 0 Å². The number of aryl methyl sites for hydroxylation is 2. The summed E-state index contributed by atoms with van der Waals surface area (Å²) in [4.78, 5) is 12.2. The van der Waals surface area contributed by atoms with Gasteiger partial charge < -0.3 is 5.32 Å². The summed E-state index contributed by atoms with van der Waals surface area (Å²) in [5.74, 6) is -0.0915. The minimum absolute atomic E-state index is 0.0915. The summed E-state index contributed by atoms with van der Waals surface area (Å²) in [6.07, 6.45) is 0. The predicted octanol–water partition coefficient (Wildman–Crippen LogP) is 4.92. The first-order chi connectivity index (χ1) is 8.97. The lowest BCUT2D eigenvalue weighted by Gasteiger charge is -2.12. The largest absolute Gasteiger partial charge is 0.321 e. The second-order valence-corrected chi connectivity index (χ2v) is 6.50. The molecule has 2 nitrogen and oxygen atoms in total. The summed E-state index contributed by atoms with van der Waals surface area (Å²) in [6.45, 7) is 4.02. The number of rotatable bonds is 2. The van der Waals surface area contributed by atoms with E-state index >= 15 is 0 Å². The van der Waals surface area contributed by atoms with Crippen LogP contribution in [-0.4, -0.2) is 5.91 Å². The van der Waals surface area contributed by atoms with Gasteiger partial charge in [-0.3, -0.25) is 4.79 Å². The molecule has 0 radical (unpaired) electrons. The molecule has 0 atom stereocenters. The Balaban J connectivity index is 2.29. The Morgan fingerprint density at radius 3 is 2.58 bits per heavy atom. The third kappa shape index (κ3) is 3.57. The highest BCUT2D eigenvalue weighted by Crippen LogP contribution is 2.28. The molecule has 0 bridgehead atoms. The second kappa shape index (κ2) is 6.05. The molecule has 19 heavy (non-hydrogen) atoms. The van der Waals surface area contributed by atoms with Gasteiger partial charge in [0.1, 0.15) is 0 Å². The number of halogens is 2. The van der Waals surface area contributed by atoms with Crippen LogP contribution in [0.4, 0.5) is 5.69 Å². The highest BCUT2D eigenvalue weighted by atomic mass is 127. The minimum atomic E-state index is -0.0915. The van der Waals surface area contributed by atoms with Gasteiger partial charge in [-0.15, -0.1) is 0 Å². The van der Waals surface area contributed by atoms with Crippen LogP contribution in [0, 0.1) is 17.4 Å². The molecule has 98 valence electrons. The van der Waals surface area contributed by atoms with Crippen LogP contribution in [0.2, 0.25) is 0 Å². The number of amides is 1. The van der Waals surface area contributed by atoms with Crippen LogP contribution in [0.1, 0.15) is 21.5 Å². The fourth-order valence-electron chi connectivity index (χ4n) is 1.89. The molecule has 1 amide bonds. The van der Waals surface area contributed by atoms with Crippen molar-refractivity contribution in [3.63, 3.8) is 0 Å². The Hall–Kier alpha value is -0.880. The lowest BCUT2D eigenvalue weighted by molar-refractivity contribution is 0.102. The van der Waals surface area contributed by atoms with Gasteiger partial charge in [0.15, 0.2) is 0 Å². The van der Waals surface area contributed by atoms with Crippen LogP contribution < -0.4 is 5.32 Å². The number of benzene rings is 2. The average Bonchev–Trinajstić information content (AvgIpc) is 2.33. The lowest BCUT2D eigenvalue weighted by atomic mass is 10.1.